The molecule has 0 unspecified atom stereocenters. The Hall–Kier alpha value is -3.32. The molecule has 2 heterocycles. The summed E-state index contributed by atoms with van der Waals surface area (Å²) in [6.07, 6.45) is 3.15. The van der Waals surface area contributed by atoms with Crippen LogP contribution in [0.2, 0.25) is 0 Å². The summed E-state index contributed by atoms with van der Waals surface area (Å²) >= 11 is 0. The first-order valence-electron chi connectivity index (χ1n) is 13.0. The van der Waals surface area contributed by atoms with E-state index in [0.29, 0.717) is 6.61 Å². The topological polar surface area (TPSA) is 60.0 Å². The van der Waals surface area contributed by atoms with Gasteiger partial charge in [0.15, 0.2) is 11.5 Å². The maximum Gasteiger partial charge on any atom is 0.161 e. The van der Waals surface area contributed by atoms with Crippen molar-refractivity contribution in [3.05, 3.63) is 59.0 Å². The third-order valence-corrected chi connectivity index (χ3v) is 7.33. The quantitative estimate of drug-likeness (QED) is 0.463. The van der Waals surface area contributed by atoms with Crippen LogP contribution >= 0.6 is 0 Å². The molecule has 0 amide bonds. The zero-order valence-electron chi connectivity index (χ0n) is 22.9. The normalized spacial score (nSPS) is 16.5. The van der Waals surface area contributed by atoms with Crippen molar-refractivity contribution >= 4 is 5.82 Å². The lowest BCUT2D eigenvalue weighted by Gasteiger charge is -2.34. The number of nitrogens with zero attached hydrogens (tertiary/aromatic N) is 4. The molecule has 196 valence electrons. The molecule has 0 saturated carbocycles. The average molecular weight is 503 g/mol. The molecule has 0 atom stereocenters. The number of aryl methyl sites for hydroxylation is 1. The molecule has 2 aliphatic rings. The van der Waals surface area contributed by atoms with Gasteiger partial charge in [0.25, 0.3) is 0 Å². The molecular weight excluding hydrogens is 464 g/mol. The van der Waals surface area contributed by atoms with Gasteiger partial charge in [-0.25, -0.2) is 9.97 Å². The number of ether oxygens (including phenoxy) is 3. The van der Waals surface area contributed by atoms with Crippen LogP contribution in [0.1, 0.15) is 42.9 Å². The van der Waals surface area contributed by atoms with E-state index in [0.717, 1.165) is 84.5 Å². The molecule has 0 radical (unpaired) electrons. The molecule has 37 heavy (non-hydrogen) atoms. The maximum atomic E-state index is 6.21. The van der Waals surface area contributed by atoms with E-state index in [-0.39, 0.29) is 5.41 Å². The summed E-state index contributed by atoms with van der Waals surface area (Å²) in [5.74, 6) is 4.34. The molecule has 0 bridgehead atoms. The van der Waals surface area contributed by atoms with Gasteiger partial charge in [-0.1, -0.05) is 26.0 Å². The lowest BCUT2D eigenvalue weighted by atomic mass is 9.76. The Balaban J connectivity index is 1.52. The number of aromatic nitrogens is 2. The second-order valence-corrected chi connectivity index (χ2v) is 11.1. The predicted octanol–water partition coefficient (Wildman–Crippen LogP) is 5.14. The highest BCUT2D eigenvalue weighted by molar-refractivity contribution is 5.69. The fraction of sp³-hybridized carbons (Fsp3) is 0.467. The van der Waals surface area contributed by atoms with Crippen LogP contribution < -0.4 is 19.1 Å². The lowest BCUT2D eigenvalue weighted by Crippen LogP contribution is -2.32. The second kappa shape index (κ2) is 10.2. The molecule has 1 aromatic heterocycles. The van der Waals surface area contributed by atoms with E-state index >= 15 is 0 Å². The van der Waals surface area contributed by atoms with Gasteiger partial charge >= 0.3 is 0 Å². The van der Waals surface area contributed by atoms with Gasteiger partial charge in [0.1, 0.15) is 24.0 Å². The summed E-state index contributed by atoms with van der Waals surface area (Å²) in [7, 11) is 7.45. The van der Waals surface area contributed by atoms with Crippen molar-refractivity contribution in [2.24, 2.45) is 5.41 Å². The maximum absolute atomic E-state index is 6.21. The van der Waals surface area contributed by atoms with Crippen molar-refractivity contribution in [3.63, 3.8) is 0 Å². The summed E-state index contributed by atoms with van der Waals surface area (Å²) in [5, 5.41) is 0. The van der Waals surface area contributed by atoms with Crippen LogP contribution in [0.4, 0.5) is 5.82 Å². The van der Waals surface area contributed by atoms with Gasteiger partial charge in [-0.05, 0) is 74.2 Å². The van der Waals surface area contributed by atoms with E-state index in [1.807, 2.05) is 12.1 Å². The summed E-state index contributed by atoms with van der Waals surface area (Å²) < 4.78 is 17.2. The van der Waals surface area contributed by atoms with Gasteiger partial charge in [-0.15, -0.1) is 0 Å². The Kier molecular flexibility index (Phi) is 6.99. The van der Waals surface area contributed by atoms with Crippen LogP contribution in [0.3, 0.4) is 0 Å². The van der Waals surface area contributed by atoms with Crippen LogP contribution in [0.15, 0.2) is 36.4 Å². The first-order valence-corrected chi connectivity index (χ1v) is 13.0. The van der Waals surface area contributed by atoms with Gasteiger partial charge in [-0.2, -0.15) is 0 Å². The molecule has 2 aromatic carbocycles. The number of fused-ring (bicyclic) bond motifs is 2. The largest absolute Gasteiger partial charge is 0.493 e. The van der Waals surface area contributed by atoms with Crippen LogP contribution in [0, 0.1) is 5.41 Å². The zero-order valence-corrected chi connectivity index (χ0v) is 22.9. The van der Waals surface area contributed by atoms with Crippen molar-refractivity contribution in [1.82, 2.24) is 14.9 Å². The van der Waals surface area contributed by atoms with Gasteiger partial charge in [0.2, 0.25) is 0 Å². The van der Waals surface area contributed by atoms with Crippen molar-refractivity contribution in [3.8, 4) is 28.4 Å². The highest BCUT2D eigenvalue weighted by atomic mass is 16.5. The second-order valence-electron chi connectivity index (χ2n) is 11.1. The Labute approximate surface area is 220 Å². The number of rotatable bonds is 6. The standard InChI is InChI=1S/C30H38N4O3/c1-30(2)12-11-24-23(17-30)29(32-28(31-24)19-33(3)4)34-13-14-37-25-9-7-20(15-22(25)18-34)21-8-10-26(35-5)27(16-21)36-6/h7-10,15-16H,11-14,17-19H2,1-6H3. The van der Waals surface area contributed by atoms with Crippen LogP contribution in [0.5, 0.6) is 17.2 Å². The number of anilines is 1. The summed E-state index contributed by atoms with van der Waals surface area (Å²) in [6.45, 7) is 7.57. The minimum absolute atomic E-state index is 0.245. The predicted molar refractivity (Wildman–Crippen MR) is 147 cm³/mol. The van der Waals surface area contributed by atoms with Crippen LogP contribution in [-0.4, -0.2) is 56.3 Å². The van der Waals surface area contributed by atoms with Crippen LogP contribution in [0.25, 0.3) is 11.1 Å². The molecule has 1 aliphatic heterocycles. The van der Waals surface area contributed by atoms with Crippen molar-refractivity contribution in [2.45, 2.75) is 46.2 Å². The molecule has 3 aromatic rings. The Morgan fingerprint density at radius 3 is 2.51 bits per heavy atom. The van der Waals surface area contributed by atoms with Gasteiger partial charge in [-0.3, -0.25) is 0 Å². The fourth-order valence-electron chi connectivity index (χ4n) is 5.36. The minimum atomic E-state index is 0.245. The summed E-state index contributed by atoms with van der Waals surface area (Å²) in [5.41, 5.74) is 6.11. The van der Waals surface area contributed by atoms with Gasteiger partial charge < -0.3 is 24.0 Å². The molecular formula is C30H38N4O3. The highest BCUT2D eigenvalue weighted by Crippen LogP contribution is 2.40. The minimum Gasteiger partial charge on any atom is -0.493 e. The van der Waals surface area contributed by atoms with E-state index in [2.05, 4.69) is 62.0 Å². The molecule has 7 heteroatoms. The smallest absolute Gasteiger partial charge is 0.161 e. The van der Waals surface area contributed by atoms with E-state index in [1.54, 1.807) is 14.2 Å². The average Bonchev–Trinajstić information content (AvgIpc) is 3.09. The lowest BCUT2D eigenvalue weighted by molar-refractivity contribution is 0.308. The molecule has 7 nitrogen and oxygen atoms in total. The summed E-state index contributed by atoms with van der Waals surface area (Å²) in [6, 6.07) is 12.5. The van der Waals surface area contributed by atoms with E-state index < -0.39 is 0 Å². The van der Waals surface area contributed by atoms with Crippen molar-refractivity contribution in [2.75, 3.05) is 46.4 Å². The SMILES string of the molecule is COc1ccc(-c2ccc3c(c2)CN(c2nc(CN(C)C)nc4c2CC(C)(C)CC4)CCO3)cc1OC. The highest BCUT2D eigenvalue weighted by Gasteiger charge is 2.31. The van der Waals surface area contributed by atoms with Crippen LogP contribution in [-0.2, 0) is 25.9 Å². The molecule has 0 N–H and O–H groups in total. The first-order chi connectivity index (χ1) is 17.8. The fourth-order valence-corrected chi connectivity index (χ4v) is 5.36. The third kappa shape index (κ3) is 5.37. The number of benzene rings is 2. The van der Waals surface area contributed by atoms with Crippen molar-refractivity contribution in [1.29, 1.82) is 0 Å². The Bertz CT molecular complexity index is 1290. The Morgan fingerprint density at radius 1 is 1.00 bits per heavy atom. The first kappa shape index (κ1) is 25.3. The van der Waals surface area contributed by atoms with E-state index in [4.69, 9.17) is 24.2 Å². The third-order valence-electron chi connectivity index (χ3n) is 7.33. The monoisotopic (exact) mass is 502 g/mol. The summed E-state index contributed by atoms with van der Waals surface area (Å²) in [4.78, 5) is 14.7. The number of hydrogen-bond donors (Lipinski definition) is 0. The van der Waals surface area contributed by atoms with E-state index in [1.165, 1.54) is 11.3 Å². The molecule has 0 saturated heterocycles. The van der Waals surface area contributed by atoms with Crippen molar-refractivity contribution < 1.29 is 14.2 Å². The Morgan fingerprint density at radius 2 is 1.76 bits per heavy atom. The molecule has 5 rings (SSSR count). The molecule has 0 spiro atoms. The molecule has 0 fully saturated rings. The molecule has 1 aliphatic carbocycles. The van der Waals surface area contributed by atoms with Gasteiger partial charge in [0.05, 0.1) is 27.3 Å². The number of methoxy groups -OCH3 is 2. The zero-order chi connectivity index (χ0) is 26.2. The number of hydrogen-bond acceptors (Lipinski definition) is 7. The van der Waals surface area contributed by atoms with E-state index in [9.17, 15) is 0 Å². The van der Waals surface area contributed by atoms with Gasteiger partial charge in [0, 0.05) is 23.4 Å².